The summed E-state index contributed by atoms with van der Waals surface area (Å²) in [6.07, 6.45) is 3.37. The Hall–Kier alpha value is -2.62. The summed E-state index contributed by atoms with van der Waals surface area (Å²) in [6.45, 7) is 2.64. The highest BCUT2D eigenvalue weighted by Crippen LogP contribution is 2.27. The van der Waals surface area contributed by atoms with Crippen LogP contribution in [0.25, 0.3) is 0 Å². The van der Waals surface area contributed by atoms with Crippen molar-refractivity contribution in [2.75, 3.05) is 5.32 Å². The number of imidazole rings is 1. The zero-order valence-electron chi connectivity index (χ0n) is 15.3. The van der Waals surface area contributed by atoms with E-state index in [1.54, 1.807) is 36.7 Å². The first kappa shape index (κ1) is 18.7. The molecule has 0 unspecified atom stereocenters. The molecule has 1 aromatic heterocycles. The monoisotopic (exact) mass is 397 g/mol. The lowest BCUT2D eigenvalue weighted by molar-refractivity contribution is 0.275. The van der Waals surface area contributed by atoms with Crippen molar-refractivity contribution < 1.29 is 18.1 Å². The van der Waals surface area contributed by atoms with Crippen molar-refractivity contribution in [2.24, 2.45) is 0 Å². The van der Waals surface area contributed by atoms with Crippen LogP contribution in [0.5, 0.6) is 0 Å². The van der Waals surface area contributed by atoms with Gasteiger partial charge in [0.05, 0.1) is 29.5 Å². The van der Waals surface area contributed by atoms with Crippen molar-refractivity contribution in [3.8, 4) is 0 Å². The molecule has 1 aliphatic rings. The first-order chi connectivity index (χ1) is 13.4. The van der Waals surface area contributed by atoms with E-state index in [4.69, 9.17) is 4.65 Å². The van der Waals surface area contributed by atoms with Crippen molar-refractivity contribution in [3.05, 3.63) is 71.3 Å². The molecule has 0 bridgehead atoms. The van der Waals surface area contributed by atoms with E-state index in [-0.39, 0.29) is 10.6 Å². The second-order valence-corrected chi connectivity index (χ2v) is 8.80. The molecular formula is C19H20BN3O4S. The molecule has 0 atom stereocenters. The topological polar surface area (TPSA) is 104 Å². The number of aromatic nitrogens is 2. The molecule has 0 spiro atoms. The molecule has 7 nitrogen and oxygen atoms in total. The minimum absolute atomic E-state index is 0.161. The first-order valence-corrected chi connectivity index (χ1v) is 10.5. The number of sulfone groups is 1. The second-order valence-electron chi connectivity index (χ2n) is 6.84. The Bertz CT molecular complexity index is 1100. The van der Waals surface area contributed by atoms with E-state index in [1.807, 2.05) is 19.1 Å². The molecule has 0 radical (unpaired) electrons. The number of benzene rings is 2. The van der Waals surface area contributed by atoms with Gasteiger partial charge in [-0.15, -0.1) is 0 Å². The summed E-state index contributed by atoms with van der Waals surface area (Å²) in [5.74, 6) is 0.559. The van der Waals surface area contributed by atoms with Crippen LogP contribution < -0.4 is 10.8 Å². The maximum atomic E-state index is 13.1. The molecule has 0 fully saturated rings. The number of aryl methyl sites for hydroxylation is 1. The van der Waals surface area contributed by atoms with Gasteiger partial charge in [-0.05, 0) is 41.2 Å². The molecule has 0 amide bonds. The highest BCUT2D eigenvalue weighted by molar-refractivity contribution is 7.90. The van der Waals surface area contributed by atoms with Crippen molar-refractivity contribution in [2.45, 2.75) is 30.7 Å². The van der Waals surface area contributed by atoms with Crippen LogP contribution in [-0.4, -0.2) is 30.5 Å². The quantitative estimate of drug-likeness (QED) is 0.545. The lowest BCUT2D eigenvalue weighted by atomic mass is 9.79. The molecule has 1 aliphatic heterocycles. The van der Waals surface area contributed by atoms with Crippen molar-refractivity contribution in [1.82, 2.24) is 9.97 Å². The molecule has 28 heavy (non-hydrogen) atoms. The summed E-state index contributed by atoms with van der Waals surface area (Å²) in [5.41, 5.74) is 3.62. The average Bonchev–Trinajstić information content (AvgIpc) is 3.30. The lowest BCUT2D eigenvalue weighted by Crippen LogP contribution is -2.28. The molecule has 2 aromatic carbocycles. The first-order valence-electron chi connectivity index (χ1n) is 8.89. The van der Waals surface area contributed by atoms with E-state index < -0.39 is 17.0 Å². The number of nitrogens with one attached hydrogen (secondary N) is 2. The average molecular weight is 397 g/mol. The number of H-pyrrole nitrogens is 1. The fourth-order valence-corrected chi connectivity index (χ4v) is 4.79. The number of hydrogen-bond acceptors (Lipinski definition) is 6. The van der Waals surface area contributed by atoms with Crippen molar-refractivity contribution in [1.29, 1.82) is 0 Å². The van der Waals surface area contributed by atoms with E-state index in [2.05, 4.69) is 15.3 Å². The van der Waals surface area contributed by atoms with Gasteiger partial charge in [0, 0.05) is 12.4 Å². The number of aromatic amines is 1. The Kier molecular flexibility index (Phi) is 4.97. The summed E-state index contributed by atoms with van der Waals surface area (Å²) < 4.78 is 31.4. The molecule has 0 saturated heterocycles. The van der Waals surface area contributed by atoms with Crippen LogP contribution in [0, 0.1) is 6.92 Å². The fourth-order valence-electron chi connectivity index (χ4n) is 3.28. The van der Waals surface area contributed by atoms with Gasteiger partial charge in [0.2, 0.25) is 0 Å². The summed E-state index contributed by atoms with van der Waals surface area (Å²) in [6, 6.07) is 10.5. The van der Waals surface area contributed by atoms with E-state index >= 15 is 0 Å². The van der Waals surface area contributed by atoms with Gasteiger partial charge in [0.15, 0.2) is 9.84 Å². The lowest BCUT2D eigenvalue weighted by Gasteiger charge is -2.13. The highest BCUT2D eigenvalue weighted by Gasteiger charge is 2.28. The van der Waals surface area contributed by atoms with Gasteiger partial charge < -0.3 is 20.0 Å². The normalized spacial score (nSPS) is 13.6. The zero-order valence-corrected chi connectivity index (χ0v) is 16.2. The number of anilines is 1. The molecule has 3 aromatic rings. The minimum atomic E-state index is -3.60. The Morgan fingerprint density at radius 3 is 2.93 bits per heavy atom. The molecular weight excluding hydrogens is 377 g/mol. The standard InChI is InChI=1S/C19H20BN3O4S/c1-13-2-5-18(17(8-13)23-10-19-21-6-7-22-19)28(25,26)12-14-3-4-15-11-27-20(24)16(15)9-14/h2-9,23-24H,10-12H2,1H3,(H,21,22). The van der Waals surface area contributed by atoms with Gasteiger partial charge in [-0.1, -0.05) is 24.3 Å². The number of rotatable bonds is 6. The number of fused-ring (bicyclic) bond motifs is 1. The largest absolute Gasteiger partial charge is 0.491 e. The van der Waals surface area contributed by atoms with Gasteiger partial charge in [-0.25, -0.2) is 13.4 Å². The summed E-state index contributed by atoms with van der Waals surface area (Å²) in [7, 11) is -4.60. The van der Waals surface area contributed by atoms with Crippen LogP contribution >= 0.6 is 0 Å². The maximum absolute atomic E-state index is 13.1. The Morgan fingerprint density at radius 2 is 2.14 bits per heavy atom. The predicted octanol–water partition coefficient (Wildman–Crippen LogP) is 1.52. The predicted molar refractivity (Wildman–Crippen MR) is 107 cm³/mol. The fraction of sp³-hybridized carbons (Fsp3) is 0.211. The van der Waals surface area contributed by atoms with Crippen LogP contribution in [0.15, 0.2) is 53.7 Å². The van der Waals surface area contributed by atoms with Crippen LogP contribution in [0.3, 0.4) is 0 Å². The molecule has 0 aliphatic carbocycles. The van der Waals surface area contributed by atoms with E-state index in [0.29, 0.717) is 29.9 Å². The molecule has 144 valence electrons. The van der Waals surface area contributed by atoms with Crippen LogP contribution in [0.4, 0.5) is 5.69 Å². The van der Waals surface area contributed by atoms with Gasteiger partial charge in [-0.2, -0.15) is 0 Å². The summed E-state index contributed by atoms with van der Waals surface area (Å²) in [5, 5.41) is 13.0. The van der Waals surface area contributed by atoms with Gasteiger partial charge in [0.25, 0.3) is 0 Å². The Morgan fingerprint density at radius 1 is 1.29 bits per heavy atom. The number of hydrogen-bond donors (Lipinski definition) is 3. The third-order valence-electron chi connectivity index (χ3n) is 4.70. The van der Waals surface area contributed by atoms with E-state index in [0.717, 1.165) is 17.0 Å². The molecule has 2 heterocycles. The molecule has 3 N–H and O–H groups in total. The van der Waals surface area contributed by atoms with Crippen molar-refractivity contribution >= 4 is 28.1 Å². The number of nitrogens with zero attached hydrogens (tertiary/aromatic N) is 1. The second kappa shape index (κ2) is 7.42. The van der Waals surface area contributed by atoms with Gasteiger partial charge >= 0.3 is 7.12 Å². The third-order valence-corrected chi connectivity index (χ3v) is 6.44. The van der Waals surface area contributed by atoms with Crippen LogP contribution in [-0.2, 0) is 33.4 Å². The summed E-state index contributed by atoms with van der Waals surface area (Å²) in [4.78, 5) is 7.38. The summed E-state index contributed by atoms with van der Waals surface area (Å²) >= 11 is 0. The zero-order chi connectivity index (χ0) is 19.7. The van der Waals surface area contributed by atoms with Gasteiger partial charge in [-0.3, -0.25) is 0 Å². The van der Waals surface area contributed by atoms with Crippen molar-refractivity contribution in [3.63, 3.8) is 0 Å². The maximum Gasteiger partial charge on any atom is 0.491 e. The Balaban J connectivity index is 1.61. The highest BCUT2D eigenvalue weighted by atomic mass is 32.2. The van der Waals surface area contributed by atoms with Crippen LogP contribution in [0.2, 0.25) is 0 Å². The molecule has 4 rings (SSSR count). The molecule has 9 heteroatoms. The van der Waals surface area contributed by atoms with Gasteiger partial charge in [0.1, 0.15) is 5.82 Å². The Labute approximate surface area is 163 Å². The third kappa shape index (κ3) is 3.82. The minimum Gasteiger partial charge on any atom is -0.423 e. The van der Waals surface area contributed by atoms with E-state index in [9.17, 15) is 13.4 Å². The SMILES string of the molecule is Cc1ccc(S(=O)(=O)Cc2ccc3c(c2)B(O)OC3)c(NCc2ncc[nH]2)c1. The van der Waals surface area contributed by atoms with E-state index in [1.165, 1.54) is 0 Å². The molecule has 0 saturated carbocycles. The van der Waals surface area contributed by atoms with Crippen LogP contribution in [0.1, 0.15) is 22.5 Å². The smallest absolute Gasteiger partial charge is 0.423 e.